The van der Waals surface area contributed by atoms with E-state index in [1.54, 1.807) is 0 Å². The van der Waals surface area contributed by atoms with Crippen LogP contribution in [0.15, 0.2) is 23.2 Å². The topological polar surface area (TPSA) is 114 Å². The lowest BCUT2D eigenvalue weighted by Crippen LogP contribution is -2.36. The molecule has 2 amide bonds. The molecule has 0 bridgehead atoms. The summed E-state index contributed by atoms with van der Waals surface area (Å²) in [6, 6.07) is 1.50. The van der Waals surface area contributed by atoms with Gasteiger partial charge in [-0.3, -0.25) is 14.6 Å². The SMILES string of the molecule is CN=C(N)c1nc(NC(=O)c2cc(F)cc(C(F)(F)F)c2)c2n1CC(=O)NC2. The Morgan fingerprint density at radius 3 is 2.71 bits per heavy atom. The lowest BCUT2D eigenvalue weighted by Gasteiger charge is -2.18. The average Bonchev–Trinajstić information content (AvgIpc) is 2.97. The standard InChI is InChI=1S/C16H14F4N6O2/c1-22-12(21)14-24-13(10-5-23-11(27)6-26(10)14)25-15(28)7-2-8(16(18,19)20)4-9(17)3-7/h2-4H,5-6H2,1H3,(H2,21,22)(H,23,27)(H,25,28). The van der Waals surface area contributed by atoms with Gasteiger partial charge in [0, 0.05) is 12.6 Å². The maximum Gasteiger partial charge on any atom is 0.416 e. The maximum atomic E-state index is 13.5. The van der Waals surface area contributed by atoms with Crippen LogP contribution in [0, 0.1) is 5.82 Å². The van der Waals surface area contributed by atoms with Gasteiger partial charge in [-0.15, -0.1) is 0 Å². The molecule has 1 aliphatic rings. The van der Waals surface area contributed by atoms with Crippen LogP contribution in [-0.4, -0.2) is 34.2 Å². The van der Waals surface area contributed by atoms with Gasteiger partial charge >= 0.3 is 6.18 Å². The van der Waals surface area contributed by atoms with Crippen LogP contribution in [0.4, 0.5) is 23.4 Å². The summed E-state index contributed by atoms with van der Waals surface area (Å²) in [6.45, 7) is -0.114. The first kappa shape index (κ1) is 19.3. The molecule has 0 atom stereocenters. The molecule has 4 N–H and O–H groups in total. The minimum atomic E-state index is -4.81. The van der Waals surface area contributed by atoms with Crippen LogP contribution < -0.4 is 16.4 Å². The molecular formula is C16H14F4N6O2. The highest BCUT2D eigenvalue weighted by atomic mass is 19.4. The van der Waals surface area contributed by atoms with Crippen molar-refractivity contribution in [3.63, 3.8) is 0 Å². The Bertz CT molecular complexity index is 996. The number of benzene rings is 1. The fourth-order valence-electron chi connectivity index (χ4n) is 2.68. The molecule has 0 aliphatic carbocycles. The minimum absolute atomic E-state index is 0.00145. The van der Waals surface area contributed by atoms with E-state index >= 15 is 0 Å². The highest BCUT2D eigenvalue weighted by Crippen LogP contribution is 2.30. The summed E-state index contributed by atoms with van der Waals surface area (Å²) in [5, 5.41) is 4.90. The number of imidazole rings is 1. The van der Waals surface area contributed by atoms with Crippen molar-refractivity contribution in [3.8, 4) is 0 Å². The monoisotopic (exact) mass is 398 g/mol. The van der Waals surface area contributed by atoms with Gasteiger partial charge < -0.3 is 20.9 Å². The smallest absolute Gasteiger partial charge is 0.381 e. The van der Waals surface area contributed by atoms with Gasteiger partial charge in [0.25, 0.3) is 5.91 Å². The molecule has 12 heteroatoms. The lowest BCUT2D eigenvalue weighted by atomic mass is 10.1. The predicted molar refractivity (Wildman–Crippen MR) is 90.1 cm³/mol. The number of carbonyl (C=O) groups excluding carboxylic acids is 2. The first-order valence-corrected chi connectivity index (χ1v) is 7.88. The second-order valence-corrected chi connectivity index (χ2v) is 5.88. The van der Waals surface area contributed by atoms with E-state index in [1.807, 2.05) is 0 Å². The van der Waals surface area contributed by atoms with E-state index in [0.717, 1.165) is 0 Å². The van der Waals surface area contributed by atoms with E-state index < -0.39 is 29.0 Å². The molecule has 1 aromatic carbocycles. The number of nitrogens with two attached hydrogens (primary N) is 1. The molecule has 2 aromatic rings. The molecule has 0 spiro atoms. The van der Waals surface area contributed by atoms with Gasteiger partial charge in [-0.25, -0.2) is 9.37 Å². The van der Waals surface area contributed by atoms with E-state index in [1.165, 1.54) is 11.6 Å². The van der Waals surface area contributed by atoms with Gasteiger partial charge in [0.05, 0.1) is 17.8 Å². The highest BCUT2D eigenvalue weighted by Gasteiger charge is 2.32. The van der Waals surface area contributed by atoms with E-state index in [-0.39, 0.29) is 36.5 Å². The second kappa shape index (κ2) is 6.94. The molecule has 1 aromatic heterocycles. The zero-order chi connectivity index (χ0) is 20.6. The van der Waals surface area contributed by atoms with Crippen molar-refractivity contribution < 1.29 is 27.2 Å². The van der Waals surface area contributed by atoms with Gasteiger partial charge in [0.2, 0.25) is 5.91 Å². The minimum Gasteiger partial charge on any atom is -0.381 e. The molecule has 148 valence electrons. The third-order valence-electron chi connectivity index (χ3n) is 4.02. The van der Waals surface area contributed by atoms with Crippen LogP contribution in [0.3, 0.4) is 0 Å². The number of aromatic nitrogens is 2. The quantitative estimate of drug-likeness (QED) is 0.410. The average molecular weight is 398 g/mol. The van der Waals surface area contributed by atoms with Crippen molar-refractivity contribution in [3.05, 3.63) is 46.7 Å². The summed E-state index contributed by atoms with van der Waals surface area (Å²) >= 11 is 0. The third-order valence-corrected chi connectivity index (χ3v) is 4.02. The molecule has 3 rings (SSSR count). The normalized spacial score (nSPS) is 14.5. The van der Waals surface area contributed by atoms with E-state index in [4.69, 9.17) is 5.73 Å². The lowest BCUT2D eigenvalue weighted by molar-refractivity contribution is -0.137. The van der Waals surface area contributed by atoms with Gasteiger partial charge in [-0.1, -0.05) is 0 Å². The fourth-order valence-corrected chi connectivity index (χ4v) is 2.68. The molecule has 0 radical (unpaired) electrons. The van der Waals surface area contributed by atoms with Crippen molar-refractivity contribution in [2.45, 2.75) is 19.3 Å². The summed E-state index contributed by atoms with van der Waals surface area (Å²) in [7, 11) is 1.41. The Hall–Kier alpha value is -3.44. The first-order chi connectivity index (χ1) is 13.1. The van der Waals surface area contributed by atoms with Gasteiger partial charge in [0.1, 0.15) is 12.4 Å². The molecule has 0 fully saturated rings. The summed E-state index contributed by atoms with van der Waals surface area (Å²) in [5.74, 6) is -2.42. The van der Waals surface area contributed by atoms with Gasteiger partial charge in [-0.2, -0.15) is 13.2 Å². The Labute approximate surface area is 155 Å². The number of aliphatic imine (C=N–C) groups is 1. The van der Waals surface area contributed by atoms with Crippen molar-refractivity contribution in [1.29, 1.82) is 0 Å². The fraction of sp³-hybridized carbons (Fsp3) is 0.250. The summed E-state index contributed by atoms with van der Waals surface area (Å²) < 4.78 is 53.5. The number of alkyl halides is 3. The van der Waals surface area contributed by atoms with Gasteiger partial charge in [-0.05, 0) is 18.2 Å². The van der Waals surface area contributed by atoms with Crippen LogP contribution in [-0.2, 0) is 24.1 Å². The molecule has 2 heterocycles. The number of hydrogen-bond acceptors (Lipinski definition) is 4. The Morgan fingerprint density at radius 2 is 2.07 bits per heavy atom. The van der Waals surface area contributed by atoms with Crippen molar-refractivity contribution in [2.75, 3.05) is 12.4 Å². The van der Waals surface area contributed by atoms with E-state index in [0.29, 0.717) is 23.9 Å². The molecule has 0 saturated heterocycles. The van der Waals surface area contributed by atoms with Crippen LogP contribution in [0.2, 0.25) is 0 Å². The summed E-state index contributed by atoms with van der Waals surface area (Å²) in [6.07, 6.45) is -4.81. The first-order valence-electron chi connectivity index (χ1n) is 7.88. The van der Waals surface area contributed by atoms with Crippen LogP contribution >= 0.6 is 0 Å². The van der Waals surface area contributed by atoms with E-state index in [9.17, 15) is 27.2 Å². The molecule has 0 unspecified atom stereocenters. The Balaban J connectivity index is 1.98. The van der Waals surface area contributed by atoms with Crippen molar-refractivity contribution in [2.24, 2.45) is 10.7 Å². The van der Waals surface area contributed by atoms with Crippen LogP contribution in [0.25, 0.3) is 0 Å². The zero-order valence-electron chi connectivity index (χ0n) is 14.4. The number of fused-ring (bicyclic) bond motifs is 1. The summed E-state index contributed by atoms with van der Waals surface area (Å²) in [4.78, 5) is 31.9. The Morgan fingerprint density at radius 1 is 1.36 bits per heavy atom. The number of carbonyl (C=O) groups is 2. The largest absolute Gasteiger partial charge is 0.416 e. The molecule has 28 heavy (non-hydrogen) atoms. The van der Waals surface area contributed by atoms with Gasteiger partial charge in [0.15, 0.2) is 17.5 Å². The molecule has 0 saturated carbocycles. The zero-order valence-corrected chi connectivity index (χ0v) is 14.4. The number of anilines is 1. The number of halogens is 4. The van der Waals surface area contributed by atoms with Crippen molar-refractivity contribution >= 4 is 23.5 Å². The molecule has 8 nitrogen and oxygen atoms in total. The number of nitrogens with one attached hydrogen (secondary N) is 2. The number of amidine groups is 1. The number of nitrogens with zero attached hydrogens (tertiary/aromatic N) is 3. The van der Waals surface area contributed by atoms with Crippen LogP contribution in [0.1, 0.15) is 27.4 Å². The summed E-state index contributed by atoms with van der Waals surface area (Å²) in [5.41, 5.74) is 4.30. The number of hydrogen-bond donors (Lipinski definition) is 3. The second-order valence-electron chi connectivity index (χ2n) is 5.88. The maximum absolute atomic E-state index is 13.5. The highest BCUT2D eigenvalue weighted by molar-refractivity contribution is 6.05. The third kappa shape index (κ3) is 3.66. The van der Waals surface area contributed by atoms with E-state index in [2.05, 4.69) is 20.6 Å². The van der Waals surface area contributed by atoms with Crippen LogP contribution in [0.5, 0.6) is 0 Å². The van der Waals surface area contributed by atoms with Crippen molar-refractivity contribution in [1.82, 2.24) is 14.9 Å². The Kier molecular flexibility index (Phi) is 4.79. The number of amides is 2. The predicted octanol–water partition coefficient (Wildman–Crippen LogP) is 1.26. The number of rotatable bonds is 3. The molecule has 1 aliphatic heterocycles. The molecular weight excluding hydrogens is 384 g/mol.